The zero-order chi connectivity index (χ0) is 18.6. The Balaban J connectivity index is 2.35. The highest BCUT2D eigenvalue weighted by Crippen LogP contribution is 2.57. The molecule has 3 rings (SSSR count). The Morgan fingerprint density at radius 2 is 1.15 bits per heavy atom. The fraction of sp³-hybridized carbons (Fsp3) is 0.130. The lowest BCUT2D eigenvalue weighted by Crippen LogP contribution is -2.21. The van der Waals surface area contributed by atoms with Crippen molar-refractivity contribution in [1.29, 1.82) is 0 Å². The summed E-state index contributed by atoms with van der Waals surface area (Å²) < 4.78 is 14.6. The third kappa shape index (κ3) is 3.88. The van der Waals surface area contributed by atoms with Gasteiger partial charge in [-0.2, -0.15) is 0 Å². The van der Waals surface area contributed by atoms with E-state index in [0.29, 0.717) is 5.31 Å². The van der Waals surface area contributed by atoms with Crippen LogP contribution >= 0.6 is 7.14 Å². The fourth-order valence-corrected chi connectivity index (χ4v) is 6.05. The van der Waals surface area contributed by atoms with Gasteiger partial charge in [0.25, 0.3) is 0 Å². The first-order valence-electron chi connectivity index (χ1n) is 8.64. The summed E-state index contributed by atoms with van der Waals surface area (Å²) >= 11 is 0. The second-order valence-electron chi connectivity index (χ2n) is 6.83. The predicted octanol–water partition coefficient (Wildman–Crippen LogP) is 4.81. The second kappa shape index (κ2) is 7.45. The van der Waals surface area contributed by atoms with E-state index in [0.717, 1.165) is 16.2 Å². The molecule has 0 amide bonds. The Morgan fingerprint density at radius 1 is 0.769 bits per heavy atom. The fourth-order valence-electron chi connectivity index (χ4n) is 3.00. The summed E-state index contributed by atoms with van der Waals surface area (Å²) in [6, 6.07) is 28.7. The minimum atomic E-state index is -3.15. The van der Waals surface area contributed by atoms with Gasteiger partial charge < -0.3 is 9.67 Å². The zero-order valence-corrected chi connectivity index (χ0v) is 15.9. The smallest absolute Gasteiger partial charge is 0.171 e. The van der Waals surface area contributed by atoms with Crippen LogP contribution in [0.2, 0.25) is 0 Å². The Bertz CT molecular complexity index is 881. The lowest BCUT2D eigenvalue weighted by molar-refractivity contribution is 0.134. The first-order chi connectivity index (χ1) is 12.4. The van der Waals surface area contributed by atoms with Crippen molar-refractivity contribution in [3.05, 3.63) is 103 Å². The Morgan fingerprint density at radius 3 is 1.54 bits per heavy atom. The highest BCUT2D eigenvalue weighted by atomic mass is 31.2. The Kier molecular flexibility index (Phi) is 5.27. The minimum Gasteiger partial charge on any atom is -0.386 e. The van der Waals surface area contributed by atoms with E-state index in [-0.39, 0.29) is 0 Å². The van der Waals surface area contributed by atoms with Gasteiger partial charge in [-0.05, 0) is 25.5 Å². The molecule has 0 fully saturated rings. The van der Waals surface area contributed by atoms with Gasteiger partial charge in [0.05, 0.1) is 5.60 Å². The standard InChI is InChI=1S/C23H23O2P/c1-23(2,24)18-22(19-12-6-3-7-13-19)26(25,20-14-8-4-9-15-20)21-16-10-5-11-17-21/h3-18,24H,1-2H3/b22-18-. The van der Waals surface area contributed by atoms with Gasteiger partial charge in [0.2, 0.25) is 0 Å². The van der Waals surface area contributed by atoms with Crippen molar-refractivity contribution < 1.29 is 9.67 Å². The molecule has 0 aliphatic rings. The van der Waals surface area contributed by atoms with E-state index < -0.39 is 12.7 Å². The molecule has 0 aliphatic heterocycles. The molecule has 132 valence electrons. The summed E-state index contributed by atoms with van der Waals surface area (Å²) in [4.78, 5) is 0. The average Bonchev–Trinajstić information content (AvgIpc) is 2.67. The van der Waals surface area contributed by atoms with E-state index in [1.165, 1.54) is 0 Å². The Labute approximate surface area is 155 Å². The number of aliphatic hydroxyl groups is 1. The maximum absolute atomic E-state index is 14.6. The molecule has 3 aromatic rings. The lowest BCUT2D eigenvalue weighted by Gasteiger charge is -2.25. The van der Waals surface area contributed by atoms with Crippen LogP contribution in [0.15, 0.2) is 97.1 Å². The number of hydrogen-bond acceptors (Lipinski definition) is 2. The van der Waals surface area contributed by atoms with Crippen LogP contribution in [0.3, 0.4) is 0 Å². The van der Waals surface area contributed by atoms with Gasteiger partial charge >= 0.3 is 0 Å². The molecule has 0 unspecified atom stereocenters. The van der Waals surface area contributed by atoms with Crippen molar-refractivity contribution in [2.24, 2.45) is 0 Å². The van der Waals surface area contributed by atoms with Gasteiger partial charge in [-0.3, -0.25) is 0 Å². The topological polar surface area (TPSA) is 37.3 Å². The summed E-state index contributed by atoms with van der Waals surface area (Å²) in [5.74, 6) is 0. The van der Waals surface area contributed by atoms with Crippen molar-refractivity contribution in [3.8, 4) is 0 Å². The lowest BCUT2D eigenvalue weighted by atomic mass is 10.1. The third-order valence-electron chi connectivity index (χ3n) is 4.14. The van der Waals surface area contributed by atoms with E-state index >= 15 is 0 Å². The molecule has 3 aromatic carbocycles. The molecular weight excluding hydrogens is 339 g/mol. The minimum absolute atomic E-state index is 0.656. The van der Waals surface area contributed by atoms with Crippen molar-refractivity contribution in [1.82, 2.24) is 0 Å². The van der Waals surface area contributed by atoms with Crippen molar-refractivity contribution in [2.45, 2.75) is 19.4 Å². The van der Waals surface area contributed by atoms with E-state index in [9.17, 15) is 9.67 Å². The van der Waals surface area contributed by atoms with Gasteiger partial charge in [0.15, 0.2) is 7.14 Å². The monoisotopic (exact) mass is 362 g/mol. The molecule has 3 heteroatoms. The van der Waals surface area contributed by atoms with Crippen LogP contribution in [0.4, 0.5) is 0 Å². The number of rotatable bonds is 5. The van der Waals surface area contributed by atoms with Gasteiger partial charge in [-0.1, -0.05) is 91.0 Å². The first kappa shape index (κ1) is 18.4. The summed E-state index contributed by atoms with van der Waals surface area (Å²) in [6.45, 7) is 3.41. The van der Waals surface area contributed by atoms with Crippen LogP contribution in [-0.2, 0) is 4.57 Å². The SMILES string of the molecule is CC(C)(O)/C=C(/c1ccccc1)P(=O)(c1ccccc1)c1ccccc1. The van der Waals surface area contributed by atoms with E-state index in [4.69, 9.17) is 0 Å². The number of hydrogen-bond donors (Lipinski definition) is 1. The molecule has 0 bridgehead atoms. The molecule has 0 radical (unpaired) electrons. The molecule has 0 aliphatic carbocycles. The van der Waals surface area contributed by atoms with Crippen LogP contribution in [0.25, 0.3) is 5.31 Å². The molecule has 2 nitrogen and oxygen atoms in total. The predicted molar refractivity (Wildman–Crippen MR) is 110 cm³/mol. The largest absolute Gasteiger partial charge is 0.386 e. The third-order valence-corrected chi connectivity index (χ3v) is 7.25. The summed E-state index contributed by atoms with van der Waals surface area (Å²) in [5.41, 5.74) is -0.240. The van der Waals surface area contributed by atoms with Crippen LogP contribution in [0, 0.1) is 0 Å². The molecule has 0 spiro atoms. The summed E-state index contributed by atoms with van der Waals surface area (Å²) in [6.07, 6.45) is 1.73. The normalized spacial score (nSPS) is 12.8. The van der Waals surface area contributed by atoms with E-state index in [1.54, 1.807) is 19.9 Å². The van der Waals surface area contributed by atoms with Crippen LogP contribution in [-0.4, -0.2) is 10.7 Å². The van der Waals surface area contributed by atoms with Crippen LogP contribution in [0.1, 0.15) is 19.4 Å². The first-order valence-corrected chi connectivity index (χ1v) is 10.3. The Hall–Kier alpha value is -2.41. The van der Waals surface area contributed by atoms with Gasteiger partial charge in [-0.25, -0.2) is 0 Å². The molecule has 26 heavy (non-hydrogen) atoms. The quantitative estimate of drug-likeness (QED) is 0.661. The average molecular weight is 362 g/mol. The molecule has 0 aromatic heterocycles. The summed E-state index contributed by atoms with van der Waals surface area (Å²) in [7, 11) is -3.15. The molecule has 0 saturated carbocycles. The number of benzene rings is 3. The van der Waals surface area contributed by atoms with Gasteiger partial charge in [0, 0.05) is 15.9 Å². The molecule has 0 heterocycles. The molecule has 0 atom stereocenters. The zero-order valence-electron chi connectivity index (χ0n) is 15.0. The van der Waals surface area contributed by atoms with Gasteiger partial charge in [-0.15, -0.1) is 0 Å². The summed E-state index contributed by atoms with van der Waals surface area (Å²) in [5, 5.41) is 12.7. The molecular formula is C23H23O2P. The van der Waals surface area contributed by atoms with E-state index in [1.807, 2.05) is 91.0 Å². The van der Waals surface area contributed by atoms with Crippen molar-refractivity contribution >= 4 is 23.1 Å². The molecule has 1 N–H and O–H groups in total. The van der Waals surface area contributed by atoms with Crippen molar-refractivity contribution in [3.63, 3.8) is 0 Å². The highest BCUT2D eigenvalue weighted by Gasteiger charge is 2.34. The maximum atomic E-state index is 14.6. The van der Waals surface area contributed by atoms with Gasteiger partial charge in [0.1, 0.15) is 0 Å². The second-order valence-corrected chi connectivity index (χ2v) is 9.56. The van der Waals surface area contributed by atoms with Crippen LogP contribution < -0.4 is 10.6 Å². The van der Waals surface area contributed by atoms with Crippen LogP contribution in [0.5, 0.6) is 0 Å². The van der Waals surface area contributed by atoms with E-state index in [2.05, 4.69) is 0 Å². The van der Waals surface area contributed by atoms with Crippen molar-refractivity contribution in [2.75, 3.05) is 0 Å². The molecule has 0 saturated heterocycles. The maximum Gasteiger partial charge on any atom is 0.171 e. The highest BCUT2D eigenvalue weighted by molar-refractivity contribution is 7.87.